The molecule has 2 aromatic rings. The second-order valence-electron chi connectivity index (χ2n) is 9.37. The summed E-state index contributed by atoms with van der Waals surface area (Å²) in [6.45, 7) is 4.53. The van der Waals surface area contributed by atoms with Gasteiger partial charge < -0.3 is 24.3 Å². The van der Waals surface area contributed by atoms with Crippen molar-refractivity contribution in [2.24, 2.45) is 0 Å². The zero-order chi connectivity index (χ0) is 28.4. The summed E-state index contributed by atoms with van der Waals surface area (Å²) >= 11 is 12.3. The van der Waals surface area contributed by atoms with E-state index in [1.807, 2.05) is 16.7 Å². The van der Waals surface area contributed by atoms with Crippen LogP contribution in [0.2, 0.25) is 5.02 Å². The minimum absolute atomic E-state index is 0.0928. The molecule has 0 bridgehead atoms. The van der Waals surface area contributed by atoms with Crippen molar-refractivity contribution in [3.63, 3.8) is 0 Å². The molecule has 1 aromatic heterocycles. The van der Waals surface area contributed by atoms with E-state index in [-0.39, 0.29) is 17.4 Å². The Morgan fingerprint density at radius 1 is 1.05 bits per heavy atom. The van der Waals surface area contributed by atoms with E-state index in [0.29, 0.717) is 16.4 Å². The van der Waals surface area contributed by atoms with E-state index in [1.165, 1.54) is 32.4 Å². The third-order valence-electron chi connectivity index (χ3n) is 6.19. The second-order valence-corrected chi connectivity index (χ2v) is 10.1. The molecular formula is C25H29ClN4O8S. The number of nitrogens with zero attached hydrogens (tertiary/aromatic N) is 3. The van der Waals surface area contributed by atoms with Crippen LogP contribution in [0.1, 0.15) is 52.8 Å². The third-order valence-corrected chi connectivity index (χ3v) is 6.90. The molecule has 4 rings (SSSR count). The maximum absolute atomic E-state index is 12.3. The number of benzene rings is 1. The van der Waals surface area contributed by atoms with Gasteiger partial charge in [-0.3, -0.25) is 23.7 Å². The molecule has 1 N–H and O–H groups in total. The standard InChI is InChI=1S/C25H29ClN4O8S/c1-12(31)27-20-22(37-15(4)34)21(36-14(3)33)19(11-35-13(2)32)38-24(20)30-25(39)29(16-9-10-16)23(28-30)17-7-5-6-8-18(17)26/h5-8,16,19-22,24H,9-11H2,1-4H3,(H,27,31)/t19-,20-,21-,22-,24-/m1/s1. The lowest BCUT2D eigenvalue weighted by Gasteiger charge is -2.45. The summed E-state index contributed by atoms with van der Waals surface area (Å²) in [5.41, 5.74) is 0.647. The zero-order valence-electron chi connectivity index (χ0n) is 21.8. The number of nitrogens with one attached hydrogen (secondary N) is 1. The molecule has 1 aliphatic heterocycles. The Labute approximate surface area is 234 Å². The van der Waals surface area contributed by atoms with E-state index in [0.717, 1.165) is 12.8 Å². The van der Waals surface area contributed by atoms with E-state index in [4.69, 9.17) is 47.9 Å². The van der Waals surface area contributed by atoms with Crippen molar-refractivity contribution in [3.8, 4) is 11.4 Å². The first-order valence-electron chi connectivity index (χ1n) is 12.3. The monoisotopic (exact) mass is 580 g/mol. The van der Waals surface area contributed by atoms with Crippen molar-refractivity contribution >= 4 is 47.6 Å². The molecule has 0 unspecified atom stereocenters. The topological polar surface area (TPSA) is 140 Å². The SMILES string of the molecule is CC(=O)N[C@@H]1[C@@H](OC(C)=O)[C@H](OC(C)=O)[C@@H](COC(C)=O)O[C@H]1n1nc(-c2ccccc2Cl)n(C2CC2)c1=S. The largest absolute Gasteiger partial charge is 0.463 e. The lowest BCUT2D eigenvalue weighted by Crippen LogP contribution is -2.64. The first-order chi connectivity index (χ1) is 18.5. The molecule has 2 fully saturated rings. The molecule has 0 radical (unpaired) electrons. The van der Waals surface area contributed by atoms with Crippen LogP contribution >= 0.6 is 23.8 Å². The summed E-state index contributed by atoms with van der Waals surface area (Å²) in [6.07, 6.45) is -2.91. The number of carbonyl (C=O) groups is 4. The smallest absolute Gasteiger partial charge is 0.303 e. The third kappa shape index (κ3) is 6.48. The molecular weight excluding hydrogens is 552 g/mol. The molecule has 1 aliphatic carbocycles. The highest BCUT2D eigenvalue weighted by molar-refractivity contribution is 7.71. The van der Waals surface area contributed by atoms with Gasteiger partial charge in [-0.1, -0.05) is 23.7 Å². The molecule has 1 amide bonds. The van der Waals surface area contributed by atoms with Crippen molar-refractivity contribution in [1.29, 1.82) is 0 Å². The van der Waals surface area contributed by atoms with Crippen LogP contribution in [0.3, 0.4) is 0 Å². The highest BCUT2D eigenvalue weighted by atomic mass is 35.5. The summed E-state index contributed by atoms with van der Waals surface area (Å²) in [6, 6.07) is 6.19. The van der Waals surface area contributed by atoms with Gasteiger partial charge in [0, 0.05) is 39.3 Å². The molecule has 39 heavy (non-hydrogen) atoms. The number of esters is 3. The van der Waals surface area contributed by atoms with Crippen LogP contribution in [0.5, 0.6) is 0 Å². The number of aromatic nitrogens is 3. The fourth-order valence-electron chi connectivity index (χ4n) is 4.57. The van der Waals surface area contributed by atoms with Crippen molar-refractivity contribution in [2.45, 2.75) is 77.2 Å². The van der Waals surface area contributed by atoms with Crippen LogP contribution < -0.4 is 5.32 Å². The van der Waals surface area contributed by atoms with Crippen LogP contribution in [-0.2, 0) is 38.1 Å². The summed E-state index contributed by atoms with van der Waals surface area (Å²) in [5, 5.41) is 7.98. The van der Waals surface area contributed by atoms with E-state index >= 15 is 0 Å². The molecule has 1 aromatic carbocycles. The summed E-state index contributed by atoms with van der Waals surface area (Å²) in [4.78, 5) is 48.1. The Hall–Kier alpha value is -3.29. The maximum Gasteiger partial charge on any atom is 0.303 e. The van der Waals surface area contributed by atoms with Crippen molar-refractivity contribution < 1.29 is 38.1 Å². The molecule has 2 aliphatic rings. The van der Waals surface area contributed by atoms with Crippen LogP contribution in [0.4, 0.5) is 0 Å². The van der Waals surface area contributed by atoms with Gasteiger partial charge in [0.05, 0.1) is 5.02 Å². The van der Waals surface area contributed by atoms with Gasteiger partial charge in [0.1, 0.15) is 18.8 Å². The van der Waals surface area contributed by atoms with Gasteiger partial charge in [0.25, 0.3) is 0 Å². The van der Waals surface area contributed by atoms with Gasteiger partial charge >= 0.3 is 17.9 Å². The minimum Gasteiger partial charge on any atom is -0.463 e. The van der Waals surface area contributed by atoms with E-state index in [9.17, 15) is 19.2 Å². The van der Waals surface area contributed by atoms with Crippen molar-refractivity contribution in [3.05, 3.63) is 34.1 Å². The number of carbonyl (C=O) groups excluding carboxylic acids is 4. The molecule has 210 valence electrons. The average Bonchev–Trinajstić information content (AvgIpc) is 3.62. The lowest BCUT2D eigenvalue weighted by atomic mass is 9.95. The normalized spacial score (nSPS) is 24.5. The van der Waals surface area contributed by atoms with Crippen LogP contribution in [0.15, 0.2) is 24.3 Å². The Bertz CT molecular complexity index is 1340. The number of hydrogen-bond donors (Lipinski definition) is 1. The van der Waals surface area contributed by atoms with Crippen LogP contribution in [0, 0.1) is 4.77 Å². The number of halogens is 1. The van der Waals surface area contributed by atoms with Gasteiger partial charge in [0.2, 0.25) is 10.7 Å². The number of rotatable bonds is 8. The van der Waals surface area contributed by atoms with Crippen LogP contribution in [-0.4, -0.2) is 69.1 Å². The molecule has 5 atom stereocenters. The Morgan fingerprint density at radius 3 is 2.26 bits per heavy atom. The van der Waals surface area contributed by atoms with Crippen LogP contribution in [0.25, 0.3) is 11.4 Å². The Balaban J connectivity index is 1.87. The summed E-state index contributed by atoms with van der Waals surface area (Å²) in [7, 11) is 0. The average molecular weight is 581 g/mol. The first kappa shape index (κ1) is 28.7. The van der Waals surface area contributed by atoms with Gasteiger partial charge in [-0.05, 0) is 37.2 Å². The van der Waals surface area contributed by atoms with E-state index in [2.05, 4.69) is 5.32 Å². The predicted molar refractivity (Wildman–Crippen MR) is 139 cm³/mol. The summed E-state index contributed by atoms with van der Waals surface area (Å²) < 4.78 is 26.1. The van der Waals surface area contributed by atoms with Gasteiger partial charge in [-0.15, -0.1) is 5.10 Å². The summed E-state index contributed by atoms with van der Waals surface area (Å²) in [5.74, 6) is -1.95. The molecule has 14 heteroatoms. The fourth-order valence-corrected chi connectivity index (χ4v) is 5.17. The minimum atomic E-state index is -1.23. The maximum atomic E-state index is 12.3. The van der Waals surface area contributed by atoms with E-state index < -0.39 is 54.4 Å². The molecule has 1 saturated carbocycles. The van der Waals surface area contributed by atoms with E-state index in [1.54, 1.807) is 12.1 Å². The number of amides is 1. The zero-order valence-corrected chi connectivity index (χ0v) is 23.4. The Morgan fingerprint density at radius 2 is 1.69 bits per heavy atom. The number of hydrogen-bond acceptors (Lipinski definition) is 10. The van der Waals surface area contributed by atoms with Gasteiger partial charge in [-0.25, -0.2) is 4.68 Å². The van der Waals surface area contributed by atoms with Crippen molar-refractivity contribution in [2.75, 3.05) is 6.61 Å². The number of ether oxygens (including phenoxy) is 4. The molecule has 0 spiro atoms. The predicted octanol–water partition coefficient (Wildman–Crippen LogP) is 2.90. The van der Waals surface area contributed by atoms with Gasteiger partial charge in [0.15, 0.2) is 24.3 Å². The lowest BCUT2D eigenvalue weighted by molar-refractivity contribution is -0.239. The van der Waals surface area contributed by atoms with Gasteiger partial charge in [-0.2, -0.15) is 0 Å². The quantitative estimate of drug-likeness (QED) is 0.281. The fraction of sp³-hybridized carbons (Fsp3) is 0.520. The highest BCUT2D eigenvalue weighted by Crippen LogP contribution is 2.41. The Kier molecular flexibility index (Phi) is 8.72. The molecule has 2 heterocycles. The second kappa shape index (κ2) is 11.8. The van der Waals surface area contributed by atoms with Crippen molar-refractivity contribution in [1.82, 2.24) is 19.7 Å². The first-order valence-corrected chi connectivity index (χ1v) is 13.1. The molecule has 1 saturated heterocycles. The highest BCUT2D eigenvalue weighted by Gasteiger charge is 2.52. The molecule has 12 nitrogen and oxygen atoms in total.